The average molecular weight is 746 g/mol. The Bertz CT molecular complexity index is 1920. The van der Waals surface area contributed by atoms with Crippen LogP contribution in [0.1, 0.15) is 72.4 Å². The summed E-state index contributed by atoms with van der Waals surface area (Å²) in [5.41, 5.74) is 6.28. The molecule has 1 saturated heterocycles. The Morgan fingerprint density at radius 3 is 2.62 bits per heavy atom. The van der Waals surface area contributed by atoms with E-state index in [0.717, 1.165) is 79.3 Å². The first-order valence-electron chi connectivity index (χ1n) is 18.1. The molecular weight excluding hydrogens is 702 g/mol. The van der Waals surface area contributed by atoms with Gasteiger partial charge in [-0.3, -0.25) is 9.88 Å². The van der Waals surface area contributed by atoms with Gasteiger partial charge in [-0.2, -0.15) is 5.26 Å². The summed E-state index contributed by atoms with van der Waals surface area (Å²) in [7, 11) is 0. The molecule has 1 aromatic heterocycles. The summed E-state index contributed by atoms with van der Waals surface area (Å²) in [6.07, 6.45) is 8.05. The largest absolute Gasteiger partial charge is 0.492 e. The number of hydrogen-bond acceptors (Lipinski definition) is 8. The number of nitriles is 1. The van der Waals surface area contributed by atoms with Crippen molar-refractivity contribution < 1.29 is 23.7 Å². The van der Waals surface area contributed by atoms with Gasteiger partial charge in [-0.1, -0.05) is 66.4 Å². The molecule has 8 nitrogen and oxygen atoms in total. The number of halogens is 3. The SMILES string of the molecule is N#Cc1cncc(COc2cc(O[C@H]3CCc4c(-c5cccc(OCCCN6CC(F)C6)c5Cl)cccc43)c(Cl)cc2CN[C@@H]2CCCC[C@@H]2O)c1. The second-order valence-electron chi connectivity index (χ2n) is 13.9. The fourth-order valence-corrected chi connectivity index (χ4v) is 7.97. The molecule has 7 rings (SSSR count). The quantitative estimate of drug-likeness (QED) is 0.124. The first kappa shape index (κ1) is 36.4. The van der Waals surface area contributed by atoms with Crippen molar-refractivity contribution in [2.75, 3.05) is 26.2 Å². The van der Waals surface area contributed by atoms with Gasteiger partial charge in [0.1, 0.15) is 42.2 Å². The molecular formula is C41H43Cl2FN4O4. The van der Waals surface area contributed by atoms with Crippen LogP contribution in [0.2, 0.25) is 10.0 Å². The fourth-order valence-electron chi connectivity index (χ4n) is 7.45. The molecule has 0 unspecified atom stereocenters. The number of likely N-dealkylation sites (tertiary alicyclic amines) is 1. The molecule has 0 bridgehead atoms. The fraction of sp³-hybridized carbons (Fsp3) is 0.415. The standard InChI is InChI=1S/C41H43Cl2FN4O4/c42-34-17-28(22-47-35-9-1-2-10-36(35)49)39(51-25-27-16-26(19-45)20-46-21-27)18-40(34)52-37-13-12-31-30(6-3-7-32(31)37)33-8-4-11-38(41(33)43)50-15-5-14-48-23-29(44)24-48/h3-4,6-8,11,16-18,20-21,29,35-37,47,49H,1-2,5,9-10,12-15,22-25H2/t35-,36+,37+/m1/s1. The molecule has 2 N–H and O–H groups in total. The van der Waals surface area contributed by atoms with E-state index in [9.17, 15) is 14.8 Å². The summed E-state index contributed by atoms with van der Waals surface area (Å²) in [5, 5.41) is 24.5. The highest BCUT2D eigenvalue weighted by atomic mass is 35.5. The van der Waals surface area contributed by atoms with E-state index in [1.54, 1.807) is 12.3 Å². The van der Waals surface area contributed by atoms with Crippen LogP contribution in [0.25, 0.3) is 11.1 Å². The molecule has 3 aliphatic rings. The smallest absolute Gasteiger partial charge is 0.142 e. The predicted molar refractivity (Wildman–Crippen MR) is 200 cm³/mol. The number of pyridine rings is 1. The molecule has 0 radical (unpaired) electrons. The van der Waals surface area contributed by atoms with Crippen LogP contribution in [0.15, 0.2) is 67.0 Å². The van der Waals surface area contributed by atoms with Gasteiger partial charge in [-0.15, -0.1) is 0 Å². The number of nitrogens with one attached hydrogen (secondary N) is 1. The zero-order chi connectivity index (χ0) is 36.0. The van der Waals surface area contributed by atoms with E-state index in [-0.39, 0.29) is 24.9 Å². The highest BCUT2D eigenvalue weighted by Crippen LogP contribution is 2.45. The van der Waals surface area contributed by atoms with Crippen LogP contribution >= 0.6 is 23.2 Å². The Morgan fingerprint density at radius 1 is 0.962 bits per heavy atom. The van der Waals surface area contributed by atoms with Gasteiger partial charge in [0.15, 0.2) is 0 Å². The summed E-state index contributed by atoms with van der Waals surface area (Å²) in [6, 6.07) is 19.7. The molecule has 2 aliphatic carbocycles. The van der Waals surface area contributed by atoms with Crippen LogP contribution in [0, 0.1) is 11.3 Å². The lowest BCUT2D eigenvalue weighted by atomic mass is 9.92. The Kier molecular flexibility index (Phi) is 11.8. The number of aliphatic hydroxyl groups excluding tert-OH is 1. The summed E-state index contributed by atoms with van der Waals surface area (Å²) < 4.78 is 32.2. The molecule has 1 saturated carbocycles. The Hall–Kier alpha value is -3.91. The lowest BCUT2D eigenvalue weighted by Crippen LogP contribution is -2.48. The maximum Gasteiger partial charge on any atom is 0.142 e. The van der Waals surface area contributed by atoms with Gasteiger partial charge in [0.25, 0.3) is 0 Å². The zero-order valence-electron chi connectivity index (χ0n) is 29.0. The van der Waals surface area contributed by atoms with Crippen LogP contribution in [-0.4, -0.2) is 59.5 Å². The molecule has 2 heterocycles. The molecule has 11 heteroatoms. The van der Waals surface area contributed by atoms with Gasteiger partial charge < -0.3 is 24.6 Å². The van der Waals surface area contributed by atoms with E-state index >= 15 is 0 Å². The van der Waals surface area contributed by atoms with E-state index in [1.807, 2.05) is 36.4 Å². The molecule has 2 fully saturated rings. The predicted octanol–water partition coefficient (Wildman–Crippen LogP) is 8.39. The lowest BCUT2D eigenvalue weighted by Gasteiger charge is -2.34. The number of aliphatic hydroxyl groups is 1. The molecule has 3 atom stereocenters. The number of benzene rings is 3. The maximum absolute atomic E-state index is 13.1. The first-order chi connectivity index (χ1) is 25.4. The van der Waals surface area contributed by atoms with Gasteiger partial charge in [-0.25, -0.2) is 4.39 Å². The molecule has 1 aliphatic heterocycles. The van der Waals surface area contributed by atoms with Crippen molar-refractivity contribution in [3.8, 4) is 34.4 Å². The van der Waals surface area contributed by atoms with Crippen molar-refractivity contribution in [3.05, 3.63) is 105 Å². The minimum Gasteiger partial charge on any atom is -0.492 e. The third-order valence-corrected chi connectivity index (χ3v) is 10.9. The normalized spacial score (nSPS) is 20.2. The summed E-state index contributed by atoms with van der Waals surface area (Å²) in [4.78, 5) is 6.26. The summed E-state index contributed by atoms with van der Waals surface area (Å²) in [6.45, 7) is 3.00. The minimum atomic E-state index is -0.702. The number of hydrogen-bond donors (Lipinski definition) is 2. The molecule has 52 heavy (non-hydrogen) atoms. The van der Waals surface area contributed by atoms with Crippen LogP contribution in [0.5, 0.6) is 17.2 Å². The van der Waals surface area contributed by atoms with Crippen LogP contribution in [0.3, 0.4) is 0 Å². The zero-order valence-corrected chi connectivity index (χ0v) is 30.5. The number of alkyl halides is 1. The van der Waals surface area contributed by atoms with Gasteiger partial charge in [0.05, 0.1) is 28.3 Å². The summed E-state index contributed by atoms with van der Waals surface area (Å²) in [5.74, 6) is 1.75. The summed E-state index contributed by atoms with van der Waals surface area (Å²) >= 11 is 13.9. The van der Waals surface area contributed by atoms with Crippen molar-refractivity contribution in [2.45, 2.75) is 82.5 Å². The van der Waals surface area contributed by atoms with E-state index in [4.69, 9.17) is 37.4 Å². The topological polar surface area (TPSA) is 99.9 Å². The van der Waals surface area contributed by atoms with Crippen LogP contribution in [0.4, 0.5) is 4.39 Å². The van der Waals surface area contributed by atoms with Gasteiger partial charge in [-0.05, 0) is 67.0 Å². The van der Waals surface area contributed by atoms with Gasteiger partial charge >= 0.3 is 0 Å². The maximum atomic E-state index is 13.1. The number of aromatic nitrogens is 1. The monoisotopic (exact) mass is 744 g/mol. The molecule has 0 amide bonds. The van der Waals surface area contributed by atoms with E-state index < -0.39 is 6.17 Å². The Balaban J connectivity index is 1.08. The number of nitrogens with zero attached hydrogens (tertiary/aromatic N) is 3. The number of rotatable bonds is 14. The van der Waals surface area contributed by atoms with E-state index in [0.29, 0.717) is 59.1 Å². The minimum absolute atomic E-state index is 0.000304. The molecule has 272 valence electrons. The second-order valence-corrected chi connectivity index (χ2v) is 14.7. The average Bonchev–Trinajstić information content (AvgIpc) is 3.56. The molecule has 4 aromatic rings. The Labute approximate surface area is 314 Å². The third kappa shape index (κ3) is 8.48. The lowest BCUT2D eigenvalue weighted by molar-refractivity contribution is 0.0612. The highest BCUT2D eigenvalue weighted by Gasteiger charge is 2.29. The second kappa shape index (κ2) is 16.8. The highest BCUT2D eigenvalue weighted by molar-refractivity contribution is 6.35. The van der Waals surface area contributed by atoms with Gasteiger partial charge in [0, 0.05) is 67.4 Å². The van der Waals surface area contributed by atoms with Crippen molar-refractivity contribution in [2.24, 2.45) is 0 Å². The number of fused-ring (bicyclic) bond motifs is 1. The Morgan fingerprint density at radius 2 is 1.79 bits per heavy atom. The number of ether oxygens (including phenoxy) is 3. The van der Waals surface area contributed by atoms with E-state index in [1.165, 1.54) is 11.8 Å². The van der Waals surface area contributed by atoms with Crippen molar-refractivity contribution in [1.29, 1.82) is 5.26 Å². The van der Waals surface area contributed by atoms with Gasteiger partial charge in [0.2, 0.25) is 0 Å². The molecule has 0 spiro atoms. The first-order valence-corrected chi connectivity index (χ1v) is 18.9. The van der Waals surface area contributed by atoms with Crippen molar-refractivity contribution >= 4 is 23.2 Å². The molecule has 3 aromatic carbocycles. The van der Waals surface area contributed by atoms with Crippen molar-refractivity contribution in [1.82, 2.24) is 15.2 Å². The van der Waals surface area contributed by atoms with Crippen molar-refractivity contribution in [3.63, 3.8) is 0 Å². The van der Waals surface area contributed by atoms with Crippen LogP contribution < -0.4 is 19.5 Å². The third-order valence-electron chi connectivity index (χ3n) is 10.2. The van der Waals surface area contributed by atoms with E-state index in [2.05, 4.69) is 33.4 Å². The van der Waals surface area contributed by atoms with Crippen LogP contribution in [-0.2, 0) is 19.6 Å².